The van der Waals surface area contributed by atoms with Gasteiger partial charge in [-0.1, -0.05) is 58.0 Å². The molecule has 1 aliphatic heterocycles. The van der Waals surface area contributed by atoms with Crippen LogP contribution in [0, 0.1) is 37.5 Å². The summed E-state index contributed by atoms with van der Waals surface area (Å²) < 4.78 is 22.8. The lowest BCUT2D eigenvalue weighted by atomic mass is 9.78. The van der Waals surface area contributed by atoms with Crippen molar-refractivity contribution in [1.29, 1.82) is 0 Å². The molecule has 1 N–H and O–H groups in total. The third kappa shape index (κ3) is 7.51. The van der Waals surface area contributed by atoms with Gasteiger partial charge in [0.15, 0.2) is 4.90 Å². The van der Waals surface area contributed by atoms with Gasteiger partial charge in [-0.2, -0.15) is 9.71 Å². The van der Waals surface area contributed by atoms with Crippen LogP contribution in [0.25, 0.3) is 11.3 Å². The molecule has 4 rings (SSSR count). The number of aromatic nitrogens is 2. The molecule has 0 saturated heterocycles. The van der Waals surface area contributed by atoms with E-state index in [1.54, 1.807) is 0 Å². The van der Waals surface area contributed by atoms with Crippen LogP contribution in [0.2, 0.25) is 0 Å². The number of ether oxygens (including phenoxy) is 1. The highest BCUT2D eigenvalue weighted by Crippen LogP contribution is 2.33. The number of aryl methyl sites for hydroxylation is 3. The van der Waals surface area contributed by atoms with E-state index in [4.69, 9.17) is 9.72 Å². The van der Waals surface area contributed by atoms with Crippen LogP contribution in [-0.4, -0.2) is 21.1 Å². The van der Waals surface area contributed by atoms with Crippen molar-refractivity contribution in [2.75, 3.05) is 11.3 Å². The molecule has 5 nitrogen and oxygen atoms in total. The summed E-state index contributed by atoms with van der Waals surface area (Å²) in [5, 5.41) is 0. The Morgan fingerprint density at radius 2 is 1.66 bits per heavy atom. The van der Waals surface area contributed by atoms with E-state index in [0.717, 1.165) is 46.5 Å². The maximum atomic E-state index is 13.3. The van der Waals surface area contributed by atoms with Gasteiger partial charge in [0, 0.05) is 11.6 Å². The van der Waals surface area contributed by atoms with Crippen molar-refractivity contribution in [2.45, 2.75) is 78.5 Å². The molecule has 0 saturated carbocycles. The molecular formula is C32H43N3O2S. The topological polar surface area (TPSA) is 70.1 Å². The Kier molecular flexibility index (Phi) is 9.72. The fourth-order valence-electron chi connectivity index (χ4n) is 5.76. The van der Waals surface area contributed by atoms with Gasteiger partial charge in [-0.05, 0) is 98.4 Å². The van der Waals surface area contributed by atoms with Gasteiger partial charge in [0.05, 0.1) is 12.3 Å². The summed E-state index contributed by atoms with van der Waals surface area (Å²) in [6, 6.07) is 16.3. The van der Waals surface area contributed by atoms with Crippen molar-refractivity contribution in [2.24, 2.45) is 23.7 Å². The normalized spacial score (nSPS) is 18.3. The zero-order chi connectivity index (χ0) is 27.2. The summed E-state index contributed by atoms with van der Waals surface area (Å²) in [7, 11) is 0. The monoisotopic (exact) mass is 533 g/mol. The number of hydrogen-bond donors (Lipinski definition) is 1. The number of anilines is 1. The molecule has 0 amide bonds. The zero-order valence-electron chi connectivity index (χ0n) is 23.8. The predicted octanol–water partition coefficient (Wildman–Crippen LogP) is 7.93. The molecule has 1 aliphatic rings. The summed E-state index contributed by atoms with van der Waals surface area (Å²) in [4.78, 5) is 10.2. The molecule has 0 spiro atoms. The highest BCUT2D eigenvalue weighted by molar-refractivity contribution is 7.92. The minimum Gasteiger partial charge on any atom is -0.588 e. The van der Waals surface area contributed by atoms with Crippen molar-refractivity contribution < 1.29 is 9.29 Å². The van der Waals surface area contributed by atoms with Crippen LogP contribution in [0.4, 0.5) is 5.95 Å². The van der Waals surface area contributed by atoms with Gasteiger partial charge in [-0.15, -0.1) is 0 Å². The standard InChI is InChI=1S/C32H43N3O2S/c1-21(2)16-27(17-22(3)4)26-14-8-12-25-13-9-15-28(18-25)38(36)35-32-33-29(19-30(34-32)37-20-26)31-23(5)10-7-11-24(31)6/h7,9-11,13,15,18-19,21-22,26-27H,8,12,14,16-17,20H2,1-6H3,(H,33,34,35)/t26-,38?/m0/s1. The Hall–Kier alpha value is -2.57. The molecule has 1 aromatic heterocycles. The Bertz CT molecular complexity index is 1180. The highest BCUT2D eigenvalue weighted by Gasteiger charge is 2.26. The van der Waals surface area contributed by atoms with E-state index in [2.05, 4.69) is 81.6 Å². The van der Waals surface area contributed by atoms with Crippen LogP contribution < -0.4 is 9.46 Å². The Morgan fingerprint density at radius 3 is 2.34 bits per heavy atom. The first-order chi connectivity index (χ1) is 18.2. The molecule has 2 atom stereocenters. The van der Waals surface area contributed by atoms with Crippen LogP contribution in [0.5, 0.6) is 5.88 Å². The summed E-state index contributed by atoms with van der Waals surface area (Å²) >= 11 is -1.48. The zero-order valence-corrected chi connectivity index (χ0v) is 24.6. The number of hydrogen-bond acceptors (Lipinski definition) is 5. The van der Waals surface area contributed by atoms with E-state index in [1.165, 1.54) is 18.4 Å². The minimum absolute atomic E-state index is 0.318. The van der Waals surface area contributed by atoms with Crippen LogP contribution in [0.3, 0.4) is 0 Å². The van der Waals surface area contributed by atoms with Crippen molar-refractivity contribution in [3.63, 3.8) is 0 Å². The molecule has 4 bridgehead atoms. The average Bonchev–Trinajstić information content (AvgIpc) is 2.84. The van der Waals surface area contributed by atoms with Gasteiger partial charge < -0.3 is 9.29 Å². The van der Waals surface area contributed by atoms with E-state index in [0.29, 0.717) is 42.1 Å². The summed E-state index contributed by atoms with van der Waals surface area (Å²) in [6.45, 7) is 14.1. The molecule has 3 aromatic rings. The van der Waals surface area contributed by atoms with Gasteiger partial charge in [0.2, 0.25) is 5.88 Å². The second-order valence-corrected chi connectivity index (χ2v) is 12.9. The first-order valence-electron chi connectivity index (χ1n) is 14.1. The first-order valence-corrected chi connectivity index (χ1v) is 15.2. The first kappa shape index (κ1) is 28.4. The second-order valence-electron chi connectivity index (χ2n) is 11.7. The maximum Gasteiger partial charge on any atom is 0.269 e. The van der Waals surface area contributed by atoms with E-state index < -0.39 is 11.4 Å². The van der Waals surface area contributed by atoms with Gasteiger partial charge in [-0.25, -0.2) is 4.98 Å². The van der Waals surface area contributed by atoms with Crippen molar-refractivity contribution in [3.05, 3.63) is 65.2 Å². The fraction of sp³-hybridized carbons (Fsp3) is 0.500. The summed E-state index contributed by atoms with van der Waals surface area (Å²) in [5.74, 6) is 3.17. The average molecular weight is 534 g/mol. The smallest absolute Gasteiger partial charge is 0.269 e. The number of nitrogens with zero attached hydrogens (tertiary/aromatic N) is 2. The van der Waals surface area contributed by atoms with Crippen LogP contribution in [-0.2, 0) is 17.8 Å². The molecule has 2 aromatic carbocycles. The van der Waals surface area contributed by atoms with Crippen LogP contribution in [0.1, 0.15) is 70.1 Å². The van der Waals surface area contributed by atoms with Gasteiger partial charge >= 0.3 is 0 Å². The third-order valence-electron chi connectivity index (χ3n) is 7.44. The maximum absolute atomic E-state index is 13.3. The molecule has 2 heterocycles. The molecular weight excluding hydrogens is 490 g/mol. The van der Waals surface area contributed by atoms with Crippen LogP contribution >= 0.6 is 0 Å². The van der Waals surface area contributed by atoms with Crippen molar-refractivity contribution in [3.8, 4) is 17.1 Å². The molecule has 0 aliphatic carbocycles. The highest BCUT2D eigenvalue weighted by atomic mass is 32.2. The molecule has 38 heavy (non-hydrogen) atoms. The van der Waals surface area contributed by atoms with E-state index in [1.807, 2.05) is 18.2 Å². The quantitative estimate of drug-likeness (QED) is 0.326. The number of rotatable bonds is 6. The number of nitrogens with one attached hydrogen (secondary N) is 1. The van der Waals surface area contributed by atoms with E-state index >= 15 is 0 Å². The van der Waals surface area contributed by atoms with Gasteiger partial charge in [0.1, 0.15) is 11.4 Å². The number of benzene rings is 2. The Balaban J connectivity index is 1.75. The van der Waals surface area contributed by atoms with Crippen molar-refractivity contribution >= 4 is 17.3 Å². The molecule has 0 radical (unpaired) electrons. The van der Waals surface area contributed by atoms with Gasteiger partial charge in [-0.3, -0.25) is 0 Å². The molecule has 0 fully saturated rings. The lowest BCUT2D eigenvalue weighted by Gasteiger charge is -2.30. The Morgan fingerprint density at radius 1 is 0.974 bits per heavy atom. The molecule has 204 valence electrons. The number of fused-ring (bicyclic) bond motifs is 4. The SMILES string of the molecule is Cc1cccc(C)c1-c1cc2nc(n1)N[S+]([O-])c1cccc(c1)CCC[C@H](C(CC(C)C)CC(C)C)CO2. The van der Waals surface area contributed by atoms with Gasteiger partial charge in [0.25, 0.3) is 5.95 Å². The largest absolute Gasteiger partial charge is 0.588 e. The predicted molar refractivity (Wildman–Crippen MR) is 158 cm³/mol. The van der Waals surface area contributed by atoms with Crippen molar-refractivity contribution in [1.82, 2.24) is 9.97 Å². The Labute approximate surface area is 232 Å². The molecule has 1 unspecified atom stereocenters. The summed E-state index contributed by atoms with van der Waals surface area (Å²) in [6.07, 6.45) is 5.54. The molecule has 6 heteroatoms. The lowest BCUT2D eigenvalue weighted by Crippen LogP contribution is -2.25. The van der Waals surface area contributed by atoms with E-state index in [-0.39, 0.29) is 0 Å². The summed E-state index contributed by atoms with van der Waals surface area (Å²) in [5.41, 5.74) is 5.32. The fourth-order valence-corrected chi connectivity index (χ4v) is 6.59. The second kappa shape index (κ2) is 13.0. The lowest BCUT2D eigenvalue weighted by molar-refractivity contribution is 0.145. The minimum atomic E-state index is -1.48. The van der Waals surface area contributed by atoms with E-state index in [9.17, 15) is 4.55 Å². The third-order valence-corrected chi connectivity index (χ3v) is 8.49. The van der Waals surface area contributed by atoms with Crippen LogP contribution in [0.15, 0.2) is 53.4 Å².